The van der Waals surface area contributed by atoms with E-state index in [1.54, 1.807) is 18.5 Å². The Labute approximate surface area is 86.5 Å². The molecule has 2 heterocycles. The Morgan fingerprint density at radius 3 is 3.13 bits per heavy atom. The fourth-order valence-electron chi connectivity index (χ4n) is 1.14. The lowest BCUT2D eigenvalue weighted by Gasteiger charge is -2.06. The van der Waals surface area contributed by atoms with Crippen molar-refractivity contribution in [3.8, 4) is 0 Å². The maximum atomic E-state index is 5.48. The standard InChI is InChI=1S/C9H11N5O/c1-6-4-12-9(10)14-8(6)11-5-7-2-3-13-15-7/h2-4H,5H2,1H3,(H3,10,11,12,14). The quantitative estimate of drug-likeness (QED) is 0.775. The van der Waals surface area contributed by atoms with E-state index in [1.165, 1.54) is 0 Å². The number of nitrogen functional groups attached to an aromatic ring is 1. The molecule has 2 aromatic rings. The van der Waals surface area contributed by atoms with Crippen LogP contribution in [0.25, 0.3) is 0 Å². The molecule has 15 heavy (non-hydrogen) atoms. The second kappa shape index (κ2) is 3.95. The summed E-state index contributed by atoms with van der Waals surface area (Å²) in [6, 6.07) is 1.78. The number of hydrogen-bond acceptors (Lipinski definition) is 6. The molecule has 0 aliphatic rings. The summed E-state index contributed by atoms with van der Waals surface area (Å²) < 4.78 is 4.94. The fourth-order valence-corrected chi connectivity index (χ4v) is 1.14. The molecule has 3 N–H and O–H groups in total. The average Bonchev–Trinajstić information content (AvgIpc) is 2.72. The van der Waals surface area contributed by atoms with Gasteiger partial charge in [-0.3, -0.25) is 0 Å². The number of aryl methyl sites for hydroxylation is 1. The molecule has 2 aromatic heterocycles. The van der Waals surface area contributed by atoms with E-state index in [-0.39, 0.29) is 5.95 Å². The Morgan fingerprint density at radius 2 is 2.40 bits per heavy atom. The predicted molar refractivity (Wildman–Crippen MR) is 55.0 cm³/mol. The molecule has 6 nitrogen and oxygen atoms in total. The molecule has 6 heteroatoms. The van der Waals surface area contributed by atoms with Crippen molar-refractivity contribution in [2.45, 2.75) is 13.5 Å². The van der Waals surface area contributed by atoms with Crippen molar-refractivity contribution in [2.24, 2.45) is 0 Å². The van der Waals surface area contributed by atoms with Crippen LogP contribution < -0.4 is 11.1 Å². The van der Waals surface area contributed by atoms with Crippen molar-refractivity contribution >= 4 is 11.8 Å². The van der Waals surface area contributed by atoms with Crippen LogP contribution in [0.3, 0.4) is 0 Å². The first-order valence-electron chi connectivity index (χ1n) is 4.48. The Hall–Kier alpha value is -2.11. The molecule has 0 saturated carbocycles. The van der Waals surface area contributed by atoms with Gasteiger partial charge in [-0.15, -0.1) is 0 Å². The Bertz CT molecular complexity index is 440. The molecule has 0 atom stereocenters. The first-order valence-corrected chi connectivity index (χ1v) is 4.48. The van der Waals surface area contributed by atoms with E-state index in [0.29, 0.717) is 12.4 Å². The third-order valence-corrected chi connectivity index (χ3v) is 1.91. The van der Waals surface area contributed by atoms with Gasteiger partial charge in [-0.05, 0) is 6.92 Å². The van der Waals surface area contributed by atoms with E-state index >= 15 is 0 Å². The molecule has 0 unspecified atom stereocenters. The zero-order chi connectivity index (χ0) is 10.7. The molecular weight excluding hydrogens is 194 g/mol. The highest BCUT2D eigenvalue weighted by molar-refractivity contribution is 5.45. The van der Waals surface area contributed by atoms with Crippen LogP contribution >= 0.6 is 0 Å². The maximum Gasteiger partial charge on any atom is 0.221 e. The zero-order valence-electron chi connectivity index (χ0n) is 8.27. The molecule has 0 aliphatic heterocycles. The van der Waals surface area contributed by atoms with Gasteiger partial charge in [0, 0.05) is 17.8 Å². The molecule has 0 bridgehead atoms. The largest absolute Gasteiger partial charge is 0.368 e. The normalized spacial score (nSPS) is 10.2. The summed E-state index contributed by atoms with van der Waals surface area (Å²) in [5.74, 6) is 1.70. The van der Waals surface area contributed by atoms with Gasteiger partial charge in [0.25, 0.3) is 0 Å². The van der Waals surface area contributed by atoms with Gasteiger partial charge >= 0.3 is 0 Å². The third kappa shape index (κ3) is 2.22. The summed E-state index contributed by atoms with van der Waals surface area (Å²) in [5, 5.41) is 6.69. The summed E-state index contributed by atoms with van der Waals surface area (Å²) in [7, 11) is 0. The minimum Gasteiger partial charge on any atom is -0.368 e. The molecule has 2 rings (SSSR count). The lowest BCUT2D eigenvalue weighted by Crippen LogP contribution is -2.05. The van der Waals surface area contributed by atoms with Crippen LogP contribution in [0.2, 0.25) is 0 Å². The van der Waals surface area contributed by atoms with Crippen LogP contribution in [0.15, 0.2) is 23.0 Å². The van der Waals surface area contributed by atoms with Crippen molar-refractivity contribution in [3.63, 3.8) is 0 Å². The topological polar surface area (TPSA) is 89.9 Å². The van der Waals surface area contributed by atoms with Crippen molar-refractivity contribution in [3.05, 3.63) is 29.8 Å². The van der Waals surface area contributed by atoms with E-state index < -0.39 is 0 Å². The number of rotatable bonds is 3. The molecule has 0 radical (unpaired) electrons. The summed E-state index contributed by atoms with van der Waals surface area (Å²) in [4.78, 5) is 7.94. The first-order chi connectivity index (χ1) is 7.25. The SMILES string of the molecule is Cc1cnc(N)nc1NCc1ccno1. The van der Waals surface area contributed by atoms with E-state index in [9.17, 15) is 0 Å². The van der Waals surface area contributed by atoms with Gasteiger partial charge < -0.3 is 15.6 Å². The van der Waals surface area contributed by atoms with E-state index in [1.807, 2.05) is 6.92 Å². The smallest absolute Gasteiger partial charge is 0.221 e. The fraction of sp³-hybridized carbons (Fsp3) is 0.222. The van der Waals surface area contributed by atoms with Crippen LogP contribution in [0, 0.1) is 6.92 Å². The van der Waals surface area contributed by atoms with Crippen molar-refractivity contribution < 1.29 is 4.52 Å². The van der Waals surface area contributed by atoms with Crippen LogP contribution in [0.5, 0.6) is 0 Å². The third-order valence-electron chi connectivity index (χ3n) is 1.91. The maximum absolute atomic E-state index is 5.48. The number of nitrogens with one attached hydrogen (secondary N) is 1. The second-order valence-corrected chi connectivity index (χ2v) is 3.09. The van der Waals surface area contributed by atoms with Gasteiger partial charge in [-0.25, -0.2) is 4.98 Å². The minimum atomic E-state index is 0.251. The number of aromatic nitrogens is 3. The Morgan fingerprint density at radius 1 is 1.53 bits per heavy atom. The minimum absolute atomic E-state index is 0.251. The van der Waals surface area contributed by atoms with Gasteiger partial charge in [0.1, 0.15) is 5.82 Å². The molecule has 78 valence electrons. The molecule has 0 spiro atoms. The summed E-state index contributed by atoms with van der Waals surface area (Å²) in [5.41, 5.74) is 6.41. The van der Waals surface area contributed by atoms with Crippen LogP contribution in [0.4, 0.5) is 11.8 Å². The van der Waals surface area contributed by atoms with Gasteiger partial charge in [0.2, 0.25) is 5.95 Å². The van der Waals surface area contributed by atoms with Gasteiger partial charge in [-0.2, -0.15) is 4.98 Å². The predicted octanol–water partition coefficient (Wildman–Crippen LogP) is 0.967. The molecule has 0 saturated heterocycles. The summed E-state index contributed by atoms with van der Waals surface area (Å²) in [6.07, 6.45) is 3.27. The van der Waals surface area contributed by atoms with Gasteiger partial charge in [-0.1, -0.05) is 5.16 Å². The Balaban J connectivity index is 2.07. The van der Waals surface area contributed by atoms with E-state index in [2.05, 4.69) is 20.4 Å². The number of anilines is 2. The van der Waals surface area contributed by atoms with Gasteiger partial charge in [0.15, 0.2) is 5.76 Å². The zero-order valence-corrected chi connectivity index (χ0v) is 8.27. The average molecular weight is 205 g/mol. The van der Waals surface area contributed by atoms with Crippen LogP contribution in [0.1, 0.15) is 11.3 Å². The molecule has 0 aliphatic carbocycles. The molecular formula is C9H11N5O. The summed E-state index contributed by atoms with van der Waals surface area (Å²) in [6.45, 7) is 2.43. The number of hydrogen-bond donors (Lipinski definition) is 2. The van der Waals surface area contributed by atoms with Gasteiger partial charge in [0.05, 0.1) is 12.7 Å². The lowest BCUT2D eigenvalue weighted by molar-refractivity contribution is 0.388. The van der Waals surface area contributed by atoms with Crippen molar-refractivity contribution in [1.82, 2.24) is 15.1 Å². The number of nitrogens with zero attached hydrogens (tertiary/aromatic N) is 3. The lowest BCUT2D eigenvalue weighted by atomic mass is 10.3. The first kappa shape index (κ1) is 9.45. The van der Waals surface area contributed by atoms with Crippen LogP contribution in [-0.4, -0.2) is 15.1 Å². The van der Waals surface area contributed by atoms with E-state index in [0.717, 1.165) is 11.3 Å². The highest BCUT2D eigenvalue weighted by Gasteiger charge is 2.02. The van der Waals surface area contributed by atoms with E-state index in [4.69, 9.17) is 10.3 Å². The second-order valence-electron chi connectivity index (χ2n) is 3.09. The highest BCUT2D eigenvalue weighted by atomic mass is 16.5. The summed E-state index contributed by atoms with van der Waals surface area (Å²) >= 11 is 0. The van der Waals surface area contributed by atoms with Crippen molar-refractivity contribution in [2.75, 3.05) is 11.1 Å². The highest BCUT2D eigenvalue weighted by Crippen LogP contribution is 2.12. The van der Waals surface area contributed by atoms with Crippen LogP contribution in [-0.2, 0) is 6.54 Å². The Kier molecular flexibility index (Phi) is 2.49. The number of nitrogens with two attached hydrogens (primary N) is 1. The molecule has 0 amide bonds. The molecule has 0 fully saturated rings. The molecule has 0 aromatic carbocycles. The monoisotopic (exact) mass is 205 g/mol. The van der Waals surface area contributed by atoms with Crippen molar-refractivity contribution in [1.29, 1.82) is 0 Å².